The summed E-state index contributed by atoms with van der Waals surface area (Å²) in [6, 6.07) is 18.9. The highest BCUT2D eigenvalue weighted by molar-refractivity contribution is 9.11. The van der Waals surface area contributed by atoms with E-state index in [1.807, 2.05) is 26.0 Å². The zero-order valence-corrected chi connectivity index (χ0v) is 31.8. The summed E-state index contributed by atoms with van der Waals surface area (Å²) in [5, 5.41) is 33.6. The van der Waals surface area contributed by atoms with Crippen LogP contribution in [0.4, 0.5) is 15.8 Å². The van der Waals surface area contributed by atoms with Crippen molar-refractivity contribution in [2.24, 2.45) is 0 Å². The van der Waals surface area contributed by atoms with E-state index in [1.165, 1.54) is 12.1 Å². The van der Waals surface area contributed by atoms with E-state index < -0.39 is 11.9 Å². The first kappa shape index (κ1) is 40.4. The van der Waals surface area contributed by atoms with Crippen molar-refractivity contribution in [3.8, 4) is 17.6 Å². The van der Waals surface area contributed by atoms with Gasteiger partial charge in [-0.2, -0.15) is 5.26 Å². The zero-order chi connectivity index (χ0) is 36.8. The first-order valence-electron chi connectivity index (χ1n) is 15.3. The summed E-state index contributed by atoms with van der Waals surface area (Å²) < 4.78 is 26.4. The lowest BCUT2D eigenvalue weighted by molar-refractivity contribution is -0.137. The average molecular weight is 854 g/mol. The van der Waals surface area contributed by atoms with E-state index in [1.54, 1.807) is 36.4 Å². The number of anilines is 2. The van der Waals surface area contributed by atoms with Crippen LogP contribution in [0.5, 0.6) is 11.5 Å². The number of hydrogen-bond donors (Lipinski definition) is 4. The van der Waals surface area contributed by atoms with E-state index >= 15 is 0 Å². The largest absolute Gasteiger partial charge is 0.487 e. The van der Waals surface area contributed by atoms with Crippen molar-refractivity contribution < 1.29 is 33.7 Å². The summed E-state index contributed by atoms with van der Waals surface area (Å²) in [6.45, 7) is 5.73. The molecule has 4 aromatic rings. The van der Waals surface area contributed by atoms with Gasteiger partial charge in [0.25, 0.3) is 0 Å². The van der Waals surface area contributed by atoms with Gasteiger partial charge in [-0.15, -0.1) is 0 Å². The number of halogens is 5. The predicted molar refractivity (Wildman–Crippen MR) is 200 cm³/mol. The summed E-state index contributed by atoms with van der Waals surface area (Å²) in [6.07, 6.45) is 0.264. The molecule has 0 fully saturated rings. The molecule has 9 nitrogen and oxygen atoms in total. The number of aryl methyl sites for hydroxylation is 1. The summed E-state index contributed by atoms with van der Waals surface area (Å²) in [5.74, 6) is -1.25. The van der Waals surface area contributed by atoms with Gasteiger partial charge in [0.15, 0.2) is 5.75 Å². The zero-order valence-electron chi connectivity index (χ0n) is 27.1. The topological polar surface area (TPSA) is 141 Å². The third kappa shape index (κ3) is 13.0. The average Bonchev–Trinajstić information content (AvgIpc) is 3.03. The van der Waals surface area contributed by atoms with Crippen LogP contribution in [0.1, 0.15) is 48.1 Å². The van der Waals surface area contributed by atoms with Gasteiger partial charge < -0.3 is 30.3 Å². The molecule has 0 amide bonds. The lowest BCUT2D eigenvalue weighted by Gasteiger charge is -2.13. The molecule has 0 bridgehead atoms. The summed E-state index contributed by atoms with van der Waals surface area (Å²) in [4.78, 5) is 21.5. The number of hydrogen-bond acceptors (Lipinski definition) is 7. The van der Waals surface area contributed by atoms with Gasteiger partial charge in [0, 0.05) is 30.9 Å². The van der Waals surface area contributed by atoms with E-state index in [0.29, 0.717) is 65.8 Å². The van der Waals surface area contributed by atoms with Crippen LogP contribution in [0.25, 0.3) is 0 Å². The number of carboxylic acid groups (broad SMARTS) is 2. The molecule has 50 heavy (non-hydrogen) atoms. The fraction of sp³-hybridized carbons (Fsp3) is 0.250. The number of carbonyl (C=O) groups is 2. The third-order valence-electron chi connectivity index (χ3n) is 6.71. The van der Waals surface area contributed by atoms with Gasteiger partial charge in [-0.25, -0.2) is 4.39 Å². The van der Waals surface area contributed by atoms with E-state index in [-0.39, 0.29) is 31.9 Å². The molecule has 4 N–H and O–H groups in total. The maximum Gasteiger partial charge on any atom is 0.307 e. The molecule has 0 aliphatic carbocycles. The molecule has 0 aromatic heterocycles. The van der Waals surface area contributed by atoms with Crippen molar-refractivity contribution >= 4 is 78.4 Å². The van der Waals surface area contributed by atoms with Crippen LogP contribution in [0.3, 0.4) is 0 Å². The Labute approximate surface area is 316 Å². The Kier molecular flexibility index (Phi) is 16.2. The van der Waals surface area contributed by atoms with E-state index in [4.69, 9.17) is 48.2 Å². The summed E-state index contributed by atoms with van der Waals surface area (Å²) in [5.41, 5.74) is 4.95. The highest BCUT2D eigenvalue weighted by Crippen LogP contribution is 2.37. The minimum Gasteiger partial charge on any atom is -0.487 e. The van der Waals surface area contributed by atoms with Crippen molar-refractivity contribution in [1.29, 1.82) is 5.26 Å². The quantitative estimate of drug-likeness (QED) is 0.0920. The molecule has 0 spiro atoms. The Balaban J connectivity index is 0.000000271. The first-order chi connectivity index (χ1) is 23.8. The number of nitrogens with zero attached hydrogens (tertiary/aromatic N) is 1. The fourth-order valence-electron chi connectivity index (χ4n) is 4.67. The monoisotopic (exact) mass is 851 g/mol. The molecule has 0 unspecified atom stereocenters. The molecular formula is C36H34Br2Cl2FN3O6. The van der Waals surface area contributed by atoms with Gasteiger partial charge in [-0.1, -0.05) is 23.2 Å². The Hall–Kier alpha value is -4.02. The first-order valence-corrected chi connectivity index (χ1v) is 17.6. The number of nitrogens with one attached hydrogen (secondary N) is 2. The van der Waals surface area contributed by atoms with Crippen LogP contribution in [-0.4, -0.2) is 35.2 Å². The number of carboxylic acids is 2. The van der Waals surface area contributed by atoms with Crippen LogP contribution in [0.15, 0.2) is 69.6 Å². The van der Waals surface area contributed by atoms with Crippen molar-refractivity contribution in [3.63, 3.8) is 0 Å². The van der Waals surface area contributed by atoms with Crippen molar-refractivity contribution in [3.05, 3.63) is 113 Å². The van der Waals surface area contributed by atoms with Crippen molar-refractivity contribution in [2.75, 3.05) is 23.7 Å². The van der Waals surface area contributed by atoms with Crippen LogP contribution in [0.2, 0.25) is 10.0 Å². The molecule has 0 saturated carbocycles. The number of aliphatic carboxylic acids is 2. The summed E-state index contributed by atoms with van der Waals surface area (Å²) >= 11 is 19.2. The molecule has 0 aliphatic heterocycles. The highest BCUT2D eigenvalue weighted by atomic mass is 79.9. The minimum atomic E-state index is -0.904. The lowest BCUT2D eigenvalue weighted by Crippen LogP contribution is -2.03. The number of rotatable bonds is 15. The number of nitriles is 1. The predicted octanol–water partition coefficient (Wildman–Crippen LogP) is 9.88. The molecule has 0 saturated heterocycles. The molecule has 0 aliphatic rings. The standard InChI is InChI=1S/C19H18Cl2N2O3.C17H16Br2FNO3/c1-2-23-15-6-13(10-22)5-14(7-15)11-26-19-16(20)8-12(9-17(19)21)3-4-18(24)25;1-2-21-13-4-11(3-12(20)8-13)9-24-17-14(18)5-10(6-15(17)19)7-16(22)23/h5-9,23H,2-4,11H2,1H3,(H,24,25);3-6,8,21H,2,7,9H2,1H3,(H,22,23). The van der Waals surface area contributed by atoms with Gasteiger partial charge in [0.2, 0.25) is 0 Å². The molecule has 4 aromatic carbocycles. The summed E-state index contributed by atoms with van der Waals surface area (Å²) in [7, 11) is 0. The SMILES string of the molecule is CCNc1cc(C#N)cc(COc2c(Cl)cc(CCC(=O)O)cc2Cl)c1.CCNc1cc(F)cc(COc2c(Br)cc(CC(=O)O)cc2Br)c1. The Morgan fingerprint density at radius 1 is 0.760 bits per heavy atom. The second-order valence-corrected chi connectivity index (χ2v) is 13.3. The molecule has 14 heteroatoms. The number of ether oxygens (including phenoxy) is 2. The van der Waals surface area contributed by atoms with Crippen LogP contribution < -0.4 is 20.1 Å². The van der Waals surface area contributed by atoms with Crippen LogP contribution in [-0.2, 0) is 35.6 Å². The Morgan fingerprint density at radius 3 is 1.82 bits per heavy atom. The molecular weight excluding hydrogens is 820 g/mol. The third-order valence-corrected chi connectivity index (χ3v) is 8.45. The van der Waals surface area contributed by atoms with Crippen LogP contribution in [0, 0.1) is 17.1 Å². The maximum absolute atomic E-state index is 13.6. The highest BCUT2D eigenvalue weighted by Gasteiger charge is 2.13. The van der Waals surface area contributed by atoms with Gasteiger partial charge >= 0.3 is 11.9 Å². The molecule has 4 rings (SSSR count). The smallest absolute Gasteiger partial charge is 0.307 e. The van der Waals surface area contributed by atoms with Gasteiger partial charge in [-0.05, 0) is 135 Å². The van der Waals surface area contributed by atoms with Gasteiger partial charge in [0.1, 0.15) is 24.8 Å². The van der Waals surface area contributed by atoms with Gasteiger partial charge in [0.05, 0.1) is 37.0 Å². The van der Waals surface area contributed by atoms with Crippen molar-refractivity contribution in [1.82, 2.24) is 0 Å². The van der Waals surface area contributed by atoms with Crippen LogP contribution >= 0.6 is 55.1 Å². The molecule has 0 atom stereocenters. The normalized spacial score (nSPS) is 10.4. The molecule has 0 heterocycles. The Bertz CT molecular complexity index is 1830. The minimum absolute atomic E-state index is 0.00101. The molecule has 0 radical (unpaired) electrons. The number of benzene rings is 4. The van der Waals surface area contributed by atoms with Crippen molar-refractivity contribution in [2.45, 2.75) is 46.3 Å². The lowest BCUT2D eigenvalue weighted by atomic mass is 10.1. The molecule has 264 valence electrons. The fourth-order valence-corrected chi connectivity index (χ4v) is 6.82. The Morgan fingerprint density at radius 2 is 1.30 bits per heavy atom. The van der Waals surface area contributed by atoms with E-state index in [9.17, 15) is 14.0 Å². The second kappa shape index (κ2) is 20.0. The van der Waals surface area contributed by atoms with Gasteiger partial charge in [-0.3, -0.25) is 9.59 Å². The van der Waals surface area contributed by atoms with E-state index in [0.717, 1.165) is 23.4 Å². The maximum atomic E-state index is 13.6. The second-order valence-electron chi connectivity index (χ2n) is 10.8. The van der Waals surface area contributed by atoms with E-state index in [2.05, 4.69) is 48.6 Å².